The fourth-order valence-corrected chi connectivity index (χ4v) is 3.50. The maximum atomic E-state index is 13.1. The van der Waals surface area contributed by atoms with Crippen molar-refractivity contribution < 1.29 is 14.3 Å². The number of rotatable bonds is 0. The molecule has 4 heteroatoms. The zero-order valence-electron chi connectivity index (χ0n) is 16.9. The number of ether oxygens (including phenoxy) is 1. The maximum absolute atomic E-state index is 13.1. The second kappa shape index (κ2) is 9.59. The predicted molar refractivity (Wildman–Crippen MR) is 103 cm³/mol. The molecule has 0 saturated heterocycles. The lowest BCUT2D eigenvalue weighted by molar-refractivity contribution is -0.148. The lowest BCUT2D eigenvalue weighted by Gasteiger charge is -2.36. The van der Waals surface area contributed by atoms with Crippen molar-refractivity contribution in [2.45, 2.75) is 79.6 Å². The minimum absolute atomic E-state index is 0.0193. The van der Waals surface area contributed by atoms with Gasteiger partial charge in [0.15, 0.2) is 0 Å². The minimum atomic E-state index is -0.611. The Labute approximate surface area is 155 Å². The molecule has 5 atom stereocenters. The molecular weight excluding hydrogens is 311 g/mol. The molecule has 0 N–H and O–H groups in total. The first-order chi connectivity index (χ1) is 11.6. The van der Waals surface area contributed by atoms with Gasteiger partial charge in [0.1, 0.15) is 13.6 Å². The third kappa shape index (κ3) is 6.31. The van der Waals surface area contributed by atoms with Gasteiger partial charge in [-0.1, -0.05) is 60.1 Å². The van der Waals surface area contributed by atoms with E-state index >= 15 is 0 Å². The van der Waals surface area contributed by atoms with E-state index in [4.69, 9.17) is 12.6 Å². The Bertz CT molecular complexity index is 484. The molecule has 5 unspecified atom stereocenters. The highest BCUT2D eigenvalue weighted by atomic mass is 16.5. The number of Topliss-reactive ketones (excluding diaryl/α,β-unsaturated/α-hetero) is 1. The summed E-state index contributed by atoms with van der Waals surface area (Å²) in [5, 5.41) is 0. The molecule has 0 amide bonds. The fraction of sp³-hybridized carbons (Fsp3) is 0.810. The number of allylic oxidation sites excluding steroid dienone is 1. The number of cyclic esters (lactones) is 1. The van der Waals surface area contributed by atoms with E-state index in [1.807, 2.05) is 33.8 Å². The zero-order valence-corrected chi connectivity index (χ0v) is 16.9. The van der Waals surface area contributed by atoms with Crippen LogP contribution < -0.4 is 0 Å². The first kappa shape index (κ1) is 22.0. The highest BCUT2D eigenvalue weighted by molar-refractivity contribution is 6.11. The zero-order chi connectivity index (χ0) is 19.2. The molecule has 0 aromatic carbocycles. The van der Waals surface area contributed by atoms with Crippen LogP contribution in [0.5, 0.6) is 0 Å². The molecule has 2 radical (unpaired) electrons. The molecule has 0 fully saturated rings. The normalized spacial score (nSPS) is 37.3. The monoisotopic (exact) mass is 346 g/mol. The Morgan fingerprint density at radius 2 is 1.76 bits per heavy atom. The van der Waals surface area contributed by atoms with Crippen molar-refractivity contribution >= 4 is 19.6 Å². The summed E-state index contributed by atoms with van der Waals surface area (Å²) in [4.78, 5) is 25.3. The van der Waals surface area contributed by atoms with Crippen LogP contribution in [0.4, 0.5) is 0 Å². The highest BCUT2D eigenvalue weighted by Gasteiger charge is 2.40. The summed E-state index contributed by atoms with van der Waals surface area (Å²) >= 11 is 0. The van der Waals surface area contributed by atoms with Gasteiger partial charge in [-0.15, -0.1) is 0 Å². The van der Waals surface area contributed by atoms with E-state index in [0.29, 0.717) is 18.3 Å². The van der Waals surface area contributed by atoms with Crippen molar-refractivity contribution in [3.63, 3.8) is 0 Å². The second-order valence-corrected chi connectivity index (χ2v) is 8.48. The molecule has 0 saturated carbocycles. The van der Waals surface area contributed by atoms with Gasteiger partial charge >= 0.3 is 5.97 Å². The molecule has 1 aliphatic rings. The summed E-state index contributed by atoms with van der Waals surface area (Å²) in [5.74, 6) is 0.635. The molecule has 25 heavy (non-hydrogen) atoms. The number of carbonyl (C=O) groups is 2. The van der Waals surface area contributed by atoms with Crippen LogP contribution in [0.2, 0.25) is 0 Å². The van der Waals surface area contributed by atoms with E-state index in [9.17, 15) is 9.59 Å². The van der Waals surface area contributed by atoms with Crippen molar-refractivity contribution in [1.29, 1.82) is 0 Å². The number of ketones is 1. The Kier molecular flexibility index (Phi) is 8.43. The molecule has 140 valence electrons. The molecule has 0 bridgehead atoms. The van der Waals surface area contributed by atoms with Crippen molar-refractivity contribution in [3.05, 3.63) is 12.2 Å². The van der Waals surface area contributed by atoms with Crippen molar-refractivity contribution in [1.82, 2.24) is 0 Å². The van der Waals surface area contributed by atoms with Gasteiger partial charge in [0, 0.05) is 17.8 Å². The Balaban J connectivity index is 2.98. The highest BCUT2D eigenvalue weighted by Crippen LogP contribution is 2.37. The smallest absolute Gasteiger partial charge is 0.305 e. The van der Waals surface area contributed by atoms with Crippen molar-refractivity contribution in [2.75, 3.05) is 0 Å². The standard InChI is InChI=1S/C21H35BO3/c1-14-11-9-7-8-10-12-18(22)25-19(23)13-15(2)21(5,6)20(24)17(4)16(14)3/h8,10,14-18H,7,9,11-13H2,1-6H3/b10-8+. The Morgan fingerprint density at radius 3 is 2.40 bits per heavy atom. The van der Waals surface area contributed by atoms with Gasteiger partial charge < -0.3 is 4.74 Å². The minimum Gasteiger partial charge on any atom is -0.472 e. The van der Waals surface area contributed by atoms with Gasteiger partial charge in [-0.3, -0.25) is 9.59 Å². The second-order valence-electron chi connectivity index (χ2n) is 8.48. The molecule has 0 aromatic heterocycles. The summed E-state index contributed by atoms with van der Waals surface area (Å²) < 4.78 is 5.29. The number of hydrogen-bond acceptors (Lipinski definition) is 3. The van der Waals surface area contributed by atoms with Crippen LogP contribution in [0.3, 0.4) is 0 Å². The van der Waals surface area contributed by atoms with Crippen molar-refractivity contribution in [2.24, 2.45) is 29.1 Å². The van der Waals surface area contributed by atoms with Crippen molar-refractivity contribution in [3.8, 4) is 0 Å². The first-order valence-electron chi connectivity index (χ1n) is 9.71. The van der Waals surface area contributed by atoms with Crippen LogP contribution in [0, 0.1) is 29.1 Å². The summed E-state index contributed by atoms with van der Waals surface area (Å²) in [7, 11) is 5.87. The topological polar surface area (TPSA) is 43.4 Å². The molecule has 1 aliphatic heterocycles. The Hall–Kier alpha value is -1.06. The van der Waals surface area contributed by atoms with Crippen LogP contribution in [-0.4, -0.2) is 25.6 Å². The van der Waals surface area contributed by atoms with E-state index in [2.05, 4.69) is 19.9 Å². The van der Waals surface area contributed by atoms with Gasteiger partial charge in [0.25, 0.3) is 0 Å². The molecule has 3 nitrogen and oxygen atoms in total. The van der Waals surface area contributed by atoms with E-state index in [-0.39, 0.29) is 30.0 Å². The summed E-state index contributed by atoms with van der Waals surface area (Å²) in [6, 6.07) is -0.611. The third-order valence-electron chi connectivity index (χ3n) is 6.29. The SMILES string of the molecule is [B]C1C/C=C/CCCC(C)C(C)C(C)C(=O)C(C)(C)C(C)CC(=O)O1. The summed E-state index contributed by atoms with van der Waals surface area (Å²) in [6.07, 6.45) is 8.05. The van der Waals surface area contributed by atoms with Gasteiger partial charge in [-0.25, -0.2) is 0 Å². The van der Waals surface area contributed by atoms with Crippen LogP contribution in [0.1, 0.15) is 73.6 Å². The lowest BCUT2D eigenvalue weighted by atomic mass is 9.67. The average molecular weight is 346 g/mol. The van der Waals surface area contributed by atoms with Gasteiger partial charge in [0.2, 0.25) is 0 Å². The van der Waals surface area contributed by atoms with Gasteiger partial charge in [0.05, 0.1) is 6.00 Å². The van der Waals surface area contributed by atoms with Crippen LogP contribution >= 0.6 is 0 Å². The number of carbonyl (C=O) groups excluding carboxylic acids is 2. The fourth-order valence-electron chi connectivity index (χ4n) is 3.50. The van der Waals surface area contributed by atoms with E-state index in [1.165, 1.54) is 0 Å². The van der Waals surface area contributed by atoms with Crippen LogP contribution in [-0.2, 0) is 14.3 Å². The largest absolute Gasteiger partial charge is 0.472 e. The van der Waals surface area contributed by atoms with E-state index in [0.717, 1.165) is 19.3 Å². The quantitative estimate of drug-likeness (QED) is 0.363. The molecule has 0 aromatic rings. The molecular formula is C21H35BO3. The maximum Gasteiger partial charge on any atom is 0.305 e. The van der Waals surface area contributed by atoms with Crippen LogP contribution in [0.25, 0.3) is 0 Å². The number of esters is 1. The summed E-state index contributed by atoms with van der Waals surface area (Å²) in [6.45, 7) is 12.3. The average Bonchev–Trinajstić information content (AvgIpc) is 2.54. The van der Waals surface area contributed by atoms with Gasteiger partial charge in [-0.2, -0.15) is 0 Å². The number of hydrogen-bond donors (Lipinski definition) is 0. The molecule has 0 aliphatic carbocycles. The molecule has 1 heterocycles. The molecule has 1 rings (SSSR count). The van der Waals surface area contributed by atoms with Crippen LogP contribution in [0.15, 0.2) is 12.2 Å². The first-order valence-corrected chi connectivity index (χ1v) is 9.71. The summed E-state index contributed by atoms with van der Waals surface area (Å²) in [5.41, 5.74) is -0.562. The Morgan fingerprint density at radius 1 is 1.12 bits per heavy atom. The molecule has 0 spiro atoms. The van der Waals surface area contributed by atoms with E-state index < -0.39 is 11.4 Å². The third-order valence-corrected chi connectivity index (χ3v) is 6.29. The predicted octanol–water partition coefficient (Wildman–Crippen LogP) is 4.68. The van der Waals surface area contributed by atoms with Gasteiger partial charge in [-0.05, 0) is 37.0 Å². The lowest BCUT2D eigenvalue weighted by Crippen LogP contribution is -2.40. The van der Waals surface area contributed by atoms with E-state index in [1.54, 1.807) is 0 Å².